The van der Waals surface area contributed by atoms with E-state index in [0.29, 0.717) is 18.5 Å². The molecule has 0 fully saturated rings. The molecule has 0 heterocycles. The smallest absolute Gasteiger partial charge is 0.244 e. The standard InChI is InChI=1S/C23H32N2O4S/c1-7-20(18-11-14-22(29-5)17(4)15-18)24-23(26)21(8-2)25(30(6,27)28)19-12-9-16(3)10-13-19/h9-15,20-21H,7-8H2,1-6H3,(H,24,26)/t20-,21-/m1/s1. The number of methoxy groups -OCH3 is 1. The summed E-state index contributed by atoms with van der Waals surface area (Å²) in [5, 5.41) is 3.05. The third-order valence-electron chi connectivity index (χ3n) is 5.16. The summed E-state index contributed by atoms with van der Waals surface area (Å²) in [5.41, 5.74) is 3.44. The first-order valence-corrected chi connectivity index (χ1v) is 12.0. The number of hydrogen-bond donors (Lipinski definition) is 1. The molecule has 0 aliphatic heterocycles. The highest BCUT2D eigenvalue weighted by molar-refractivity contribution is 7.92. The number of nitrogens with zero attached hydrogens (tertiary/aromatic N) is 1. The Balaban J connectivity index is 2.34. The van der Waals surface area contributed by atoms with Crippen molar-refractivity contribution >= 4 is 21.6 Å². The lowest BCUT2D eigenvalue weighted by molar-refractivity contribution is -0.123. The highest BCUT2D eigenvalue weighted by atomic mass is 32.2. The summed E-state index contributed by atoms with van der Waals surface area (Å²) in [7, 11) is -2.03. The van der Waals surface area contributed by atoms with Gasteiger partial charge in [0, 0.05) is 0 Å². The molecule has 0 spiro atoms. The zero-order valence-corrected chi connectivity index (χ0v) is 19.4. The molecule has 164 valence electrons. The zero-order valence-electron chi connectivity index (χ0n) is 18.6. The molecule has 2 aromatic rings. The maximum atomic E-state index is 13.2. The van der Waals surface area contributed by atoms with E-state index >= 15 is 0 Å². The minimum Gasteiger partial charge on any atom is -0.496 e. The maximum Gasteiger partial charge on any atom is 0.244 e. The molecule has 1 N–H and O–H groups in total. The van der Waals surface area contributed by atoms with Crippen molar-refractivity contribution in [3.05, 3.63) is 59.2 Å². The van der Waals surface area contributed by atoms with Gasteiger partial charge in [0.1, 0.15) is 11.8 Å². The van der Waals surface area contributed by atoms with Crippen molar-refractivity contribution in [2.24, 2.45) is 0 Å². The Morgan fingerprint density at radius 2 is 1.70 bits per heavy atom. The molecular formula is C23H32N2O4S. The van der Waals surface area contributed by atoms with Gasteiger partial charge in [0.2, 0.25) is 15.9 Å². The molecule has 0 saturated carbocycles. The molecule has 1 amide bonds. The van der Waals surface area contributed by atoms with Crippen LogP contribution in [0.5, 0.6) is 5.75 Å². The van der Waals surface area contributed by atoms with E-state index in [2.05, 4.69) is 5.32 Å². The number of anilines is 1. The fourth-order valence-corrected chi connectivity index (χ4v) is 4.77. The van der Waals surface area contributed by atoms with Gasteiger partial charge in [0.05, 0.1) is 25.1 Å². The van der Waals surface area contributed by atoms with Crippen molar-refractivity contribution in [3.63, 3.8) is 0 Å². The normalized spacial score (nSPS) is 13.4. The SMILES string of the molecule is CC[C@H](C(=O)N[C@H](CC)c1ccc(OC)c(C)c1)N(c1ccc(C)cc1)S(C)(=O)=O. The number of amides is 1. The first-order chi connectivity index (χ1) is 14.1. The summed E-state index contributed by atoms with van der Waals surface area (Å²) in [6.07, 6.45) is 2.16. The van der Waals surface area contributed by atoms with E-state index in [9.17, 15) is 13.2 Å². The fraction of sp³-hybridized carbons (Fsp3) is 0.435. The van der Waals surface area contributed by atoms with Gasteiger partial charge in [0.15, 0.2) is 0 Å². The molecule has 0 radical (unpaired) electrons. The molecule has 0 saturated heterocycles. The lowest BCUT2D eigenvalue weighted by Gasteiger charge is -2.31. The number of sulfonamides is 1. The van der Waals surface area contributed by atoms with E-state index < -0.39 is 16.1 Å². The van der Waals surface area contributed by atoms with Gasteiger partial charge in [-0.05, 0) is 56.0 Å². The Bertz CT molecular complexity index is 971. The van der Waals surface area contributed by atoms with Crippen LogP contribution in [-0.2, 0) is 14.8 Å². The second kappa shape index (κ2) is 9.98. The van der Waals surface area contributed by atoms with Gasteiger partial charge in [-0.25, -0.2) is 8.42 Å². The van der Waals surface area contributed by atoms with Crippen molar-refractivity contribution in [1.29, 1.82) is 0 Å². The largest absolute Gasteiger partial charge is 0.496 e. The molecule has 0 aliphatic rings. The van der Waals surface area contributed by atoms with E-state index in [1.165, 1.54) is 4.31 Å². The molecule has 0 aromatic heterocycles. The Morgan fingerprint density at radius 3 is 2.17 bits per heavy atom. The molecule has 0 aliphatic carbocycles. The number of carbonyl (C=O) groups is 1. The Hall–Kier alpha value is -2.54. The summed E-state index contributed by atoms with van der Waals surface area (Å²) >= 11 is 0. The van der Waals surface area contributed by atoms with Gasteiger partial charge >= 0.3 is 0 Å². The van der Waals surface area contributed by atoms with Gasteiger partial charge in [-0.15, -0.1) is 0 Å². The minimum absolute atomic E-state index is 0.226. The quantitative estimate of drug-likeness (QED) is 0.647. The summed E-state index contributed by atoms with van der Waals surface area (Å²) in [6.45, 7) is 7.69. The van der Waals surface area contributed by atoms with Crippen LogP contribution in [-0.4, -0.2) is 33.7 Å². The highest BCUT2D eigenvalue weighted by Crippen LogP contribution is 2.26. The number of aryl methyl sites for hydroxylation is 2. The number of carbonyl (C=O) groups excluding carboxylic acids is 1. The predicted molar refractivity (Wildman–Crippen MR) is 121 cm³/mol. The highest BCUT2D eigenvalue weighted by Gasteiger charge is 2.32. The zero-order chi connectivity index (χ0) is 22.5. The van der Waals surface area contributed by atoms with Crippen molar-refractivity contribution in [1.82, 2.24) is 5.32 Å². The number of rotatable bonds is 9. The summed E-state index contributed by atoms with van der Waals surface area (Å²) in [5.74, 6) is 0.470. The van der Waals surface area contributed by atoms with Gasteiger partial charge in [-0.1, -0.05) is 43.7 Å². The van der Waals surface area contributed by atoms with Crippen molar-refractivity contribution in [3.8, 4) is 5.75 Å². The molecule has 0 unspecified atom stereocenters. The fourth-order valence-electron chi connectivity index (χ4n) is 3.56. The molecular weight excluding hydrogens is 400 g/mol. The summed E-state index contributed by atoms with van der Waals surface area (Å²) in [6, 6.07) is 11.9. The van der Waals surface area contributed by atoms with Crippen LogP contribution >= 0.6 is 0 Å². The van der Waals surface area contributed by atoms with Crippen LogP contribution < -0.4 is 14.4 Å². The van der Waals surface area contributed by atoms with Gasteiger partial charge in [-0.3, -0.25) is 9.10 Å². The van der Waals surface area contributed by atoms with E-state index in [1.807, 2.05) is 58.0 Å². The average Bonchev–Trinajstić information content (AvgIpc) is 2.70. The molecule has 6 nitrogen and oxygen atoms in total. The minimum atomic E-state index is -3.65. The van der Waals surface area contributed by atoms with Crippen LogP contribution in [0.3, 0.4) is 0 Å². The van der Waals surface area contributed by atoms with E-state index in [0.717, 1.165) is 28.7 Å². The molecule has 2 aromatic carbocycles. The van der Waals surface area contributed by atoms with Crippen LogP contribution in [0.1, 0.15) is 49.4 Å². The Labute approximate surface area is 180 Å². The number of ether oxygens (including phenoxy) is 1. The number of benzene rings is 2. The maximum absolute atomic E-state index is 13.2. The summed E-state index contributed by atoms with van der Waals surface area (Å²) < 4.78 is 31.7. The lowest BCUT2D eigenvalue weighted by atomic mass is 10.0. The van der Waals surface area contributed by atoms with Gasteiger partial charge in [0.25, 0.3) is 0 Å². The third kappa shape index (κ3) is 5.53. The average molecular weight is 433 g/mol. The van der Waals surface area contributed by atoms with Crippen LogP contribution in [0.15, 0.2) is 42.5 Å². The molecule has 7 heteroatoms. The van der Waals surface area contributed by atoms with Gasteiger partial charge < -0.3 is 10.1 Å². The number of hydrogen-bond acceptors (Lipinski definition) is 4. The monoisotopic (exact) mass is 432 g/mol. The Morgan fingerprint density at radius 1 is 1.07 bits per heavy atom. The van der Waals surface area contributed by atoms with E-state index in [4.69, 9.17) is 4.74 Å². The second-order valence-corrected chi connectivity index (χ2v) is 9.38. The lowest BCUT2D eigenvalue weighted by Crippen LogP contribution is -2.50. The van der Waals surface area contributed by atoms with Gasteiger partial charge in [-0.2, -0.15) is 0 Å². The molecule has 0 bridgehead atoms. The predicted octanol–water partition coefficient (Wildman–Crippen LogP) is 4.12. The first-order valence-electron chi connectivity index (χ1n) is 10.1. The topological polar surface area (TPSA) is 75.7 Å². The van der Waals surface area contributed by atoms with Crippen molar-refractivity contribution < 1.29 is 17.9 Å². The van der Waals surface area contributed by atoms with Crippen LogP contribution in [0.25, 0.3) is 0 Å². The van der Waals surface area contributed by atoms with Crippen molar-refractivity contribution in [2.45, 2.75) is 52.6 Å². The Kier molecular flexibility index (Phi) is 7.89. The molecule has 30 heavy (non-hydrogen) atoms. The summed E-state index contributed by atoms with van der Waals surface area (Å²) in [4.78, 5) is 13.2. The second-order valence-electron chi connectivity index (χ2n) is 7.52. The van der Waals surface area contributed by atoms with Crippen molar-refractivity contribution in [2.75, 3.05) is 17.7 Å². The first kappa shape index (κ1) is 23.7. The van der Waals surface area contributed by atoms with E-state index in [1.54, 1.807) is 19.2 Å². The number of nitrogens with one attached hydrogen (secondary N) is 1. The van der Waals surface area contributed by atoms with E-state index in [-0.39, 0.29) is 11.9 Å². The van der Waals surface area contributed by atoms with Crippen LogP contribution in [0.4, 0.5) is 5.69 Å². The van der Waals surface area contributed by atoms with Crippen LogP contribution in [0, 0.1) is 13.8 Å². The van der Waals surface area contributed by atoms with Crippen LogP contribution in [0.2, 0.25) is 0 Å². The molecule has 2 atom stereocenters. The third-order valence-corrected chi connectivity index (χ3v) is 6.34. The molecule has 2 rings (SSSR count).